The molecule has 1 fully saturated rings. The molecule has 1 aliphatic heterocycles. The minimum Gasteiger partial charge on any atom is -0.494 e. The van der Waals surface area contributed by atoms with Crippen molar-refractivity contribution in [1.29, 1.82) is 0 Å². The van der Waals surface area contributed by atoms with Gasteiger partial charge in [-0.05, 0) is 44.0 Å². The lowest BCUT2D eigenvalue weighted by Crippen LogP contribution is -2.49. The Labute approximate surface area is 167 Å². The van der Waals surface area contributed by atoms with Crippen molar-refractivity contribution in [3.8, 4) is 11.5 Å². The first-order valence-corrected chi connectivity index (χ1v) is 10.2. The van der Waals surface area contributed by atoms with Gasteiger partial charge >= 0.3 is 0 Å². The molecule has 0 aliphatic carbocycles. The molecule has 5 nitrogen and oxygen atoms in total. The number of hydrogen-bond acceptors (Lipinski definition) is 4. The van der Waals surface area contributed by atoms with Crippen LogP contribution in [0.15, 0.2) is 48.5 Å². The fourth-order valence-electron chi connectivity index (χ4n) is 3.60. The molecule has 0 spiro atoms. The van der Waals surface area contributed by atoms with E-state index in [4.69, 9.17) is 9.47 Å². The van der Waals surface area contributed by atoms with Crippen LogP contribution in [0.4, 0.5) is 5.69 Å². The minimum absolute atomic E-state index is 0.212. The average Bonchev–Trinajstić information content (AvgIpc) is 2.74. The van der Waals surface area contributed by atoms with Crippen LogP contribution in [0.25, 0.3) is 0 Å². The molecule has 3 rings (SSSR count). The van der Waals surface area contributed by atoms with Gasteiger partial charge in [0.15, 0.2) is 0 Å². The number of benzene rings is 2. The number of amides is 1. The molecule has 1 aliphatic rings. The average molecular weight is 383 g/mol. The minimum atomic E-state index is 0.212. The Kier molecular flexibility index (Phi) is 7.18. The summed E-state index contributed by atoms with van der Waals surface area (Å²) in [6.07, 6.45) is 1.22. The molecule has 0 unspecified atom stereocenters. The predicted octanol–water partition coefficient (Wildman–Crippen LogP) is 3.77. The molecule has 28 heavy (non-hydrogen) atoms. The van der Waals surface area contributed by atoms with Crippen molar-refractivity contribution in [2.24, 2.45) is 0 Å². The third-order valence-electron chi connectivity index (χ3n) is 5.02. The largest absolute Gasteiger partial charge is 0.494 e. The van der Waals surface area contributed by atoms with E-state index in [1.165, 1.54) is 0 Å². The van der Waals surface area contributed by atoms with Gasteiger partial charge in [0.05, 0.1) is 18.9 Å². The maximum Gasteiger partial charge on any atom is 0.223 e. The second-order valence-corrected chi connectivity index (χ2v) is 6.81. The molecule has 0 atom stereocenters. The van der Waals surface area contributed by atoms with E-state index >= 15 is 0 Å². The number of ether oxygens (including phenoxy) is 2. The van der Waals surface area contributed by atoms with Crippen molar-refractivity contribution >= 4 is 11.6 Å². The van der Waals surface area contributed by atoms with E-state index in [1.54, 1.807) is 0 Å². The summed E-state index contributed by atoms with van der Waals surface area (Å²) in [4.78, 5) is 17.0. The summed E-state index contributed by atoms with van der Waals surface area (Å²) in [5.74, 6) is 2.01. The summed E-state index contributed by atoms with van der Waals surface area (Å²) in [5, 5.41) is 0. The van der Waals surface area contributed by atoms with Gasteiger partial charge in [0, 0.05) is 32.6 Å². The Bertz CT molecular complexity index is 770. The Morgan fingerprint density at radius 2 is 1.46 bits per heavy atom. The lowest BCUT2D eigenvalue weighted by molar-refractivity contribution is -0.131. The highest BCUT2D eigenvalue weighted by atomic mass is 16.5. The molecule has 0 bridgehead atoms. The van der Waals surface area contributed by atoms with Gasteiger partial charge in [0.1, 0.15) is 11.5 Å². The van der Waals surface area contributed by atoms with E-state index in [-0.39, 0.29) is 5.91 Å². The van der Waals surface area contributed by atoms with E-state index in [1.807, 2.05) is 61.2 Å². The van der Waals surface area contributed by atoms with Gasteiger partial charge in [-0.2, -0.15) is 0 Å². The topological polar surface area (TPSA) is 42.0 Å². The van der Waals surface area contributed by atoms with Gasteiger partial charge in [-0.3, -0.25) is 4.79 Å². The molecular weight excluding hydrogens is 352 g/mol. The summed E-state index contributed by atoms with van der Waals surface area (Å²) in [7, 11) is 0. The number of carbonyl (C=O) groups is 1. The monoisotopic (exact) mass is 382 g/mol. The molecular formula is C23H30N2O3. The molecule has 1 heterocycles. The first-order valence-electron chi connectivity index (χ1n) is 10.2. The lowest BCUT2D eigenvalue weighted by Gasteiger charge is -2.36. The lowest BCUT2D eigenvalue weighted by atomic mass is 10.1. The van der Waals surface area contributed by atoms with Crippen LogP contribution in [0.2, 0.25) is 0 Å². The highest BCUT2D eigenvalue weighted by Gasteiger charge is 2.23. The number of carbonyl (C=O) groups excluding carboxylic acids is 1. The molecule has 2 aromatic rings. The maximum absolute atomic E-state index is 12.7. The van der Waals surface area contributed by atoms with Crippen molar-refractivity contribution in [3.05, 3.63) is 54.1 Å². The molecule has 1 saturated heterocycles. The number of rotatable bonds is 8. The van der Waals surface area contributed by atoms with Crippen molar-refractivity contribution in [1.82, 2.24) is 4.90 Å². The van der Waals surface area contributed by atoms with Crippen LogP contribution in [-0.2, 0) is 11.2 Å². The summed E-state index contributed by atoms with van der Waals surface area (Å²) in [6, 6.07) is 16.1. The number of anilines is 1. The maximum atomic E-state index is 12.7. The first-order chi connectivity index (χ1) is 13.7. The molecule has 0 N–H and O–H groups in total. The van der Waals surface area contributed by atoms with Crippen molar-refractivity contribution in [2.45, 2.75) is 26.7 Å². The van der Waals surface area contributed by atoms with Gasteiger partial charge in [-0.25, -0.2) is 0 Å². The number of nitrogens with zero attached hydrogens (tertiary/aromatic N) is 2. The van der Waals surface area contributed by atoms with Gasteiger partial charge in [0.2, 0.25) is 5.91 Å². The smallest absolute Gasteiger partial charge is 0.223 e. The van der Waals surface area contributed by atoms with E-state index in [0.717, 1.165) is 48.9 Å². The van der Waals surface area contributed by atoms with Gasteiger partial charge in [0.25, 0.3) is 0 Å². The first kappa shape index (κ1) is 20.1. The third-order valence-corrected chi connectivity index (χ3v) is 5.02. The predicted molar refractivity (Wildman–Crippen MR) is 112 cm³/mol. The van der Waals surface area contributed by atoms with Crippen molar-refractivity contribution in [2.75, 3.05) is 44.3 Å². The Morgan fingerprint density at radius 1 is 0.857 bits per heavy atom. The van der Waals surface area contributed by atoms with Gasteiger partial charge < -0.3 is 19.3 Å². The number of aryl methyl sites for hydroxylation is 1. The summed E-state index contributed by atoms with van der Waals surface area (Å²) in [5.41, 5.74) is 2.21. The molecule has 0 radical (unpaired) electrons. The molecule has 1 amide bonds. The van der Waals surface area contributed by atoms with E-state index in [9.17, 15) is 4.79 Å². The Balaban J connectivity index is 1.53. The highest BCUT2D eigenvalue weighted by Crippen LogP contribution is 2.29. The van der Waals surface area contributed by atoms with Crippen LogP contribution in [0, 0.1) is 0 Å². The van der Waals surface area contributed by atoms with Crippen LogP contribution in [0.3, 0.4) is 0 Å². The standard InChI is InChI=1S/C23H30N2O3/c1-3-27-21-11-7-5-9-19(21)13-14-23(26)25-17-15-24(16-18-25)20-10-6-8-12-22(20)28-4-2/h5-12H,3-4,13-18H2,1-2H3. The summed E-state index contributed by atoms with van der Waals surface area (Å²) < 4.78 is 11.4. The van der Waals surface area contributed by atoms with Crippen LogP contribution >= 0.6 is 0 Å². The highest BCUT2D eigenvalue weighted by molar-refractivity contribution is 5.77. The third kappa shape index (κ3) is 4.97. The normalized spacial score (nSPS) is 14.1. The quantitative estimate of drug-likeness (QED) is 0.697. The number of piperazine rings is 1. The second kappa shape index (κ2) is 10.0. The Hall–Kier alpha value is -2.69. The number of hydrogen-bond donors (Lipinski definition) is 0. The van der Waals surface area contributed by atoms with Crippen LogP contribution in [-0.4, -0.2) is 50.2 Å². The zero-order valence-corrected chi connectivity index (χ0v) is 16.9. The number of para-hydroxylation sites is 3. The molecule has 0 saturated carbocycles. The van der Waals surface area contributed by atoms with Crippen LogP contribution < -0.4 is 14.4 Å². The van der Waals surface area contributed by atoms with Crippen molar-refractivity contribution < 1.29 is 14.3 Å². The molecule has 2 aromatic carbocycles. The van der Waals surface area contributed by atoms with Crippen LogP contribution in [0.5, 0.6) is 11.5 Å². The Morgan fingerprint density at radius 3 is 2.18 bits per heavy atom. The van der Waals surface area contributed by atoms with Crippen LogP contribution in [0.1, 0.15) is 25.8 Å². The SMILES string of the molecule is CCOc1ccccc1CCC(=O)N1CCN(c2ccccc2OCC)CC1. The van der Waals surface area contributed by atoms with E-state index in [2.05, 4.69) is 11.0 Å². The zero-order valence-electron chi connectivity index (χ0n) is 16.9. The molecule has 150 valence electrons. The summed E-state index contributed by atoms with van der Waals surface area (Å²) >= 11 is 0. The summed E-state index contributed by atoms with van der Waals surface area (Å²) in [6.45, 7) is 8.40. The fourth-order valence-corrected chi connectivity index (χ4v) is 3.60. The van der Waals surface area contributed by atoms with Gasteiger partial charge in [-0.1, -0.05) is 30.3 Å². The second-order valence-electron chi connectivity index (χ2n) is 6.81. The molecule has 5 heteroatoms. The van der Waals surface area contributed by atoms with Crippen molar-refractivity contribution in [3.63, 3.8) is 0 Å². The van der Waals surface area contributed by atoms with Gasteiger partial charge in [-0.15, -0.1) is 0 Å². The zero-order chi connectivity index (χ0) is 19.8. The van der Waals surface area contributed by atoms with E-state index < -0.39 is 0 Å². The fraction of sp³-hybridized carbons (Fsp3) is 0.435. The van der Waals surface area contributed by atoms with E-state index in [0.29, 0.717) is 26.1 Å². The molecule has 0 aromatic heterocycles.